The second-order valence-corrected chi connectivity index (χ2v) is 7.13. The molecule has 0 aliphatic carbocycles. The molecular formula is C23H27ClN4O2. The molecule has 1 aliphatic heterocycles. The van der Waals surface area contributed by atoms with E-state index >= 15 is 0 Å². The number of carbonyl (C=O) groups excluding carboxylic acids is 1. The zero-order valence-corrected chi connectivity index (χ0v) is 17.9. The minimum absolute atomic E-state index is 0.174. The molecule has 0 spiro atoms. The van der Waals surface area contributed by atoms with Crippen LogP contribution in [-0.4, -0.2) is 41.8 Å². The average molecular weight is 427 g/mol. The van der Waals surface area contributed by atoms with Crippen molar-refractivity contribution >= 4 is 29.2 Å². The van der Waals surface area contributed by atoms with Gasteiger partial charge in [0.2, 0.25) is 0 Å². The third kappa shape index (κ3) is 6.93. The molecule has 0 radical (unpaired) electrons. The number of nitrogens with zero attached hydrogens (tertiary/aromatic N) is 2. The number of likely N-dealkylation sites (N-methyl/N-ethyl adjacent to an activating group) is 1. The molecule has 1 atom stereocenters. The molecule has 30 heavy (non-hydrogen) atoms. The summed E-state index contributed by atoms with van der Waals surface area (Å²) in [5.74, 6) is 6.33. The molecule has 0 saturated carbocycles. The lowest BCUT2D eigenvalue weighted by Crippen LogP contribution is -2.31. The molecule has 0 saturated heterocycles. The molecule has 1 unspecified atom stereocenters. The van der Waals surface area contributed by atoms with E-state index in [-0.39, 0.29) is 12.6 Å². The number of aliphatic imine (C=N–C) groups is 1. The first-order chi connectivity index (χ1) is 14.5. The van der Waals surface area contributed by atoms with Crippen molar-refractivity contribution in [3.8, 4) is 0 Å². The molecule has 0 amide bonds. The Morgan fingerprint density at radius 2 is 2.00 bits per heavy atom. The second-order valence-electron chi connectivity index (χ2n) is 6.69. The van der Waals surface area contributed by atoms with Crippen molar-refractivity contribution in [1.29, 1.82) is 0 Å². The number of carbonyl (C=O) groups is 1. The Kier molecular flexibility index (Phi) is 9.44. The number of hydrazine groups is 1. The highest BCUT2D eigenvalue weighted by Gasteiger charge is 2.13. The fraction of sp³-hybridized carbons (Fsp3) is 0.217. The number of nitrogens with one attached hydrogen (secondary N) is 1. The zero-order valence-electron chi connectivity index (χ0n) is 17.1. The Labute approximate surface area is 182 Å². The first kappa shape index (κ1) is 23.5. The Balaban J connectivity index is 0.000000232. The van der Waals surface area contributed by atoms with E-state index in [1.165, 1.54) is 10.6 Å². The molecule has 4 N–H and O–H groups in total. The van der Waals surface area contributed by atoms with Gasteiger partial charge >= 0.3 is 0 Å². The van der Waals surface area contributed by atoms with Gasteiger partial charge in [-0.2, -0.15) is 0 Å². The van der Waals surface area contributed by atoms with Gasteiger partial charge < -0.3 is 10.4 Å². The van der Waals surface area contributed by atoms with Crippen LogP contribution in [0.15, 0.2) is 77.7 Å². The minimum Gasteiger partial charge on any atom is -0.395 e. The highest BCUT2D eigenvalue weighted by molar-refractivity contribution is 6.34. The van der Waals surface area contributed by atoms with Crippen LogP contribution in [0.25, 0.3) is 5.57 Å². The smallest absolute Gasteiger partial charge is 0.168 e. The van der Waals surface area contributed by atoms with Crippen LogP contribution in [0.1, 0.15) is 18.1 Å². The van der Waals surface area contributed by atoms with Crippen LogP contribution < -0.4 is 11.2 Å². The van der Waals surface area contributed by atoms with Crippen LogP contribution in [0, 0.1) is 0 Å². The standard InChI is InChI=1S/C13H12ClN3O.C10H15NO/c1-9(10-3-2-4-11(14)7-10)13-16-12(8-18)5-6-17(13)15;1-11-10(8-12)7-9-5-3-2-4-6-9/h2-8H,15H2,1H3;2-6,10-12H,7-8H2,1H3/b13-9+;. The van der Waals surface area contributed by atoms with Gasteiger partial charge in [-0.15, -0.1) is 0 Å². The van der Waals surface area contributed by atoms with Gasteiger partial charge in [0.15, 0.2) is 12.1 Å². The van der Waals surface area contributed by atoms with Crippen LogP contribution in [0.5, 0.6) is 0 Å². The Morgan fingerprint density at radius 1 is 1.27 bits per heavy atom. The molecule has 6 nitrogen and oxygen atoms in total. The highest BCUT2D eigenvalue weighted by atomic mass is 35.5. The number of allylic oxidation sites excluding steroid dienone is 2. The Morgan fingerprint density at radius 3 is 2.60 bits per heavy atom. The van der Waals surface area contributed by atoms with Crippen LogP contribution in [0.2, 0.25) is 5.02 Å². The molecule has 0 aromatic heterocycles. The molecular weight excluding hydrogens is 400 g/mol. The van der Waals surface area contributed by atoms with Gasteiger partial charge in [-0.05, 0) is 49.7 Å². The van der Waals surface area contributed by atoms with E-state index < -0.39 is 0 Å². The summed E-state index contributed by atoms with van der Waals surface area (Å²) in [5.41, 5.74) is 3.36. The first-order valence-electron chi connectivity index (χ1n) is 9.53. The maximum Gasteiger partial charge on any atom is 0.168 e. The summed E-state index contributed by atoms with van der Waals surface area (Å²) in [5, 5.41) is 14.0. The van der Waals surface area contributed by atoms with Gasteiger partial charge in [-0.3, -0.25) is 9.80 Å². The topological polar surface area (TPSA) is 91.0 Å². The molecule has 1 aliphatic rings. The summed E-state index contributed by atoms with van der Waals surface area (Å²) >= 11 is 5.95. The number of nitrogens with two attached hydrogens (primary N) is 1. The number of halogens is 1. The van der Waals surface area contributed by atoms with Gasteiger partial charge in [0, 0.05) is 22.8 Å². The third-order valence-corrected chi connectivity index (χ3v) is 4.79. The monoisotopic (exact) mass is 426 g/mol. The molecule has 2 aromatic carbocycles. The number of aldehydes is 1. The third-order valence-electron chi connectivity index (χ3n) is 4.55. The molecule has 0 fully saturated rings. The molecule has 7 heteroatoms. The van der Waals surface area contributed by atoms with Crippen LogP contribution in [0.3, 0.4) is 0 Å². The van der Waals surface area contributed by atoms with E-state index in [1.54, 1.807) is 18.3 Å². The van der Waals surface area contributed by atoms with E-state index in [4.69, 9.17) is 22.6 Å². The zero-order chi connectivity index (χ0) is 21.9. The maximum absolute atomic E-state index is 10.7. The number of rotatable bonds is 6. The van der Waals surface area contributed by atoms with Crippen molar-refractivity contribution in [3.63, 3.8) is 0 Å². The number of aliphatic hydroxyl groups excluding tert-OH is 1. The van der Waals surface area contributed by atoms with Gasteiger partial charge in [0.05, 0.1) is 6.61 Å². The summed E-state index contributed by atoms with van der Waals surface area (Å²) in [4.78, 5) is 14.9. The highest BCUT2D eigenvalue weighted by Crippen LogP contribution is 2.24. The number of benzene rings is 2. The number of hydrogen-bond acceptors (Lipinski definition) is 6. The van der Waals surface area contributed by atoms with Crippen molar-refractivity contribution < 1.29 is 9.90 Å². The number of aliphatic hydroxyl groups is 1. The summed E-state index contributed by atoms with van der Waals surface area (Å²) < 4.78 is 0. The normalized spacial score (nSPS) is 15.6. The SMILES string of the molecule is C/C(=C1/N=C(C=O)C=CN1N)c1cccc(Cl)c1.CNC(CO)Cc1ccccc1. The minimum atomic E-state index is 0.174. The van der Waals surface area contributed by atoms with Crippen molar-refractivity contribution in [2.45, 2.75) is 19.4 Å². The molecule has 3 rings (SSSR count). The van der Waals surface area contributed by atoms with Crippen LogP contribution >= 0.6 is 11.6 Å². The molecule has 0 bridgehead atoms. The Bertz CT molecular complexity index is 922. The maximum atomic E-state index is 10.7. The van der Waals surface area contributed by atoms with Crippen molar-refractivity contribution in [3.05, 3.63) is 88.8 Å². The lowest BCUT2D eigenvalue weighted by molar-refractivity contribution is -0.102. The largest absolute Gasteiger partial charge is 0.395 e. The predicted octanol–water partition coefficient (Wildman–Crippen LogP) is 3.18. The van der Waals surface area contributed by atoms with Gasteiger partial charge in [0.25, 0.3) is 0 Å². The lowest BCUT2D eigenvalue weighted by Gasteiger charge is -2.20. The van der Waals surface area contributed by atoms with Crippen LogP contribution in [-0.2, 0) is 11.2 Å². The van der Waals surface area contributed by atoms with E-state index in [0.29, 0.717) is 22.8 Å². The average Bonchev–Trinajstić information content (AvgIpc) is 2.78. The fourth-order valence-electron chi connectivity index (χ4n) is 2.80. The molecule has 158 valence electrons. The Hall–Kier alpha value is -2.77. The van der Waals surface area contributed by atoms with Crippen molar-refractivity contribution in [1.82, 2.24) is 10.3 Å². The second kappa shape index (κ2) is 12.0. The molecule has 2 aromatic rings. The summed E-state index contributed by atoms with van der Waals surface area (Å²) in [6.45, 7) is 2.07. The predicted molar refractivity (Wildman–Crippen MR) is 123 cm³/mol. The van der Waals surface area contributed by atoms with Gasteiger partial charge in [-0.25, -0.2) is 10.8 Å². The summed E-state index contributed by atoms with van der Waals surface area (Å²) in [6.07, 6.45) is 4.73. The summed E-state index contributed by atoms with van der Waals surface area (Å²) in [7, 11) is 1.86. The summed E-state index contributed by atoms with van der Waals surface area (Å²) in [6, 6.07) is 17.7. The van der Waals surface area contributed by atoms with Gasteiger partial charge in [-0.1, -0.05) is 54.1 Å². The lowest BCUT2D eigenvalue weighted by atomic mass is 10.1. The van der Waals surface area contributed by atoms with E-state index in [2.05, 4.69) is 22.4 Å². The van der Waals surface area contributed by atoms with E-state index in [9.17, 15) is 4.79 Å². The van der Waals surface area contributed by atoms with Gasteiger partial charge in [0.1, 0.15) is 5.71 Å². The van der Waals surface area contributed by atoms with Crippen LogP contribution in [0.4, 0.5) is 0 Å². The quantitative estimate of drug-likeness (QED) is 0.487. The molecule has 1 heterocycles. The fourth-order valence-corrected chi connectivity index (χ4v) is 2.99. The van der Waals surface area contributed by atoms with Crippen molar-refractivity contribution in [2.24, 2.45) is 10.8 Å². The van der Waals surface area contributed by atoms with E-state index in [0.717, 1.165) is 17.6 Å². The number of hydrogen-bond donors (Lipinski definition) is 3. The first-order valence-corrected chi connectivity index (χ1v) is 9.91. The van der Waals surface area contributed by atoms with Crippen molar-refractivity contribution in [2.75, 3.05) is 13.7 Å². The van der Waals surface area contributed by atoms with E-state index in [1.807, 2.05) is 50.4 Å².